The highest BCUT2D eigenvalue weighted by atomic mass is 28.4. The van der Waals surface area contributed by atoms with E-state index in [0.29, 0.717) is 0 Å². The predicted octanol–water partition coefficient (Wildman–Crippen LogP) is 2.87. The fourth-order valence-electron chi connectivity index (χ4n) is 0.894. The van der Waals surface area contributed by atoms with Crippen LogP contribution in [0.5, 0.6) is 0 Å². The highest BCUT2D eigenvalue weighted by Crippen LogP contribution is 2.12. The molecule has 4 nitrogen and oxygen atoms in total. The van der Waals surface area contributed by atoms with Gasteiger partial charge in [-0.3, -0.25) is 0 Å². The SMILES string of the molecule is C.C=CCO[Si](OCC=C)(OCC=C)OCC=C. The first-order valence-corrected chi connectivity index (χ1v) is 6.87. The zero-order chi connectivity index (χ0) is 13.0. The first kappa shape index (κ1) is 19.4. The first-order chi connectivity index (χ1) is 8.24. The average Bonchev–Trinajstić information content (AvgIpc) is 2.37. The quantitative estimate of drug-likeness (QED) is 0.404. The standard InChI is InChI=1S/C12H20O4Si.CH4/c1-5-9-13-17(14-10-6-2,15-11-7-3)16-12-8-4;/h5-8H,1-4,9-12H2;1H4. The molecule has 104 valence electrons. The van der Waals surface area contributed by atoms with Crippen molar-refractivity contribution in [1.82, 2.24) is 0 Å². The lowest BCUT2D eigenvalue weighted by Crippen LogP contribution is -2.49. The van der Waals surface area contributed by atoms with Crippen LogP contribution in [0.1, 0.15) is 7.43 Å². The molecule has 0 bridgehead atoms. The van der Waals surface area contributed by atoms with Crippen LogP contribution in [0.3, 0.4) is 0 Å². The summed E-state index contributed by atoms with van der Waals surface area (Å²) in [6.45, 7) is 15.5. The zero-order valence-electron chi connectivity index (χ0n) is 10.1. The first-order valence-electron chi connectivity index (χ1n) is 5.24. The Labute approximate surface area is 112 Å². The second-order valence-electron chi connectivity index (χ2n) is 2.90. The summed E-state index contributed by atoms with van der Waals surface area (Å²) in [6, 6.07) is 0. The van der Waals surface area contributed by atoms with Gasteiger partial charge in [-0.2, -0.15) is 0 Å². The molecule has 18 heavy (non-hydrogen) atoms. The Morgan fingerprint density at radius 2 is 0.833 bits per heavy atom. The van der Waals surface area contributed by atoms with E-state index in [0.717, 1.165) is 0 Å². The van der Waals surface area contributed by atoms with Gasteiger partial charge < -0.3 is 17.7 Å². The molecule has 0 saturated heterocycles. The minimum absolute atomic E-state index is 0. The summed E-state index contributed by atoms with van der Waals surface area (Å²) in [6.07, 6.45) is 6.42. The minimum atomic E-state index is -3.16. The van der Waals surface area contributed by atoms with E-state index in [2.05, 4.69) is 26.3 Å². The van der Waals surface area contributed by atoms with Crippen molar-refractivity contribution in [2.75, 3.05) is 26.4 Å². The third kappa shape index (κ3) is 8.16. The van der Waals surface area contributed by atoms with Crippen LogP contribution in [0, 0.1) is 0 Å². The molecular formula is C13H24O4Si. The maximum atomic E-state index is 5.50. The van der Waals surface area contributed by atoms with E-state index in [-0.39, 0.29) is 33.9 Å². The normalized spacial score (nSPS) is 10.2. The Hall–Kier alpha value is -0.983. The van der Waals surface area contributed by atoms with E-state index in [4.69, 9.17) is 17.7 Å². The minimum Gasteiger partial charge on any atom is -0.347 e. The maximum absolute atomic E-state index is 5.50. The predicted molar refractivity (Wildman–Crippen MR) is 77.1 cm³/mol. The van der Waals surface area contributed by atoms with Crippen LogP contribution in [0.15, 0.2) is 50.6 Å². The zero-order valence-corrected chi connectivity index (χ0v) is 11.1. The third-order valence-corrected chi connectivity index (χ3v) is 3.59. The number of hydrogen-bond acceptors (Lipinski definition) is 4. The molecule has 0 aliphatic rings. The van der Waals surface area contributed by atoms with Crippen molar-refractivity contribution in [1.29, 1.82) is 0 Å². The van der Waals surface area contributed by atoms with Gasteiger partial charge >= 0.3 is 9.05 Å². The fourth-order valence-corrected chi connectivity index (χ4v) is 2.68. The van der Waals surface area contributed by atoms with Gasteiger partial charge in [0, 0.05) is 0 Å². The third-order valence-electron chi connectivity index (χ3n) is 1.51. The van der Waals surface area contributed by atoms with Gasteiger partial charge in [0.25, 0.3) is 0 Å². The van der Waals surface area contributed by atoms with Crippen LogP contribution >= 0.6 is 0 Å². The lowest BCUT2D eigenvalue weighted by molar-refractivity contribution is -0.0117. The van der Waals surface area contributed by atoms with Crippen LogP contribution in [-0.2, 0) is 17.7 Å². The van der Waals surface area contributed by atoms with Crippen molar-refractivity contribution in [3.05, 3.63) is 50.6 Å². The van der Waals surface area contributed by atoms with Crippen molar-refractivity contribution in [3.63, 3.8) is 0 Å². The topological polar surface area (TPSA) is 36.9 Å². The summed E-state index contributed by atoms with van der Waals surface area (Å²) < 4.78 is 22.0. The maximum Gasteiger partial charge on any atom is 0.680 e. The second kappa shape index (κ2) is 12.5. The summed E-state index contributed by atoms with van der Waals surface area (Å²) >= 11 is 0. The van der Waals surface area contributed by atoms with E-state index < -0.39 is 9.05 Å². The molecule has 0 saturated carbocycles. The Kier molecular flexibility index (Phi) is 13.4. The van der Waals surface area contributed by atoms with E-state index in [1.165, 1.54) is 0 Å². The molecule has 0 rings (SSSR count). The number of rotatable bonds is 12. The Morgan fingerprint density at radius 3 is 1.00 bits per heavy atom. The summed E-state index contributed by atoms with van der Waals surface area (Å²) in [5, 5.41) is 0. The average molecular weight is 272 g/mol. The molecule has 0 unspecified atom stereocenters. The van der Waals surface area contributed by atoms with Gasteiger partial charge in [0.2, 0.25) is 0 Å². The molecule has 0 radical (unpaired) electrons. The summed E-state index contributed by atoms with van der Waals surface area (Å²) in [4.78, 5) is 0. The second-order valence-corrected chi connectivity index (χ2v) is 5.05. The van der Waals surface area contributed by atoms with E-state index in [9.17, 15) is 0 Å². The number of hydrogen-bond donors (Lipinski definition) is 0. The van der Waals surface area contributed by atoms with Gasteiger partial charge in [0.1, 0.15) is 0 Å². The van der Waals surface area contributed by atoms with E-state index >= 15 is 0 Å². The van der Waals surface area contributed by atoms with Crippen molar-refractivity contribution in [3.8, 4) is 0 Å². The Bertz CT molecular complexity index is 200. The van der Waals surface area contributed by atoms with Crippen molar-refractivity contribution in [2.45, 2.75) is 7.43 Å². The van der Waals surface area contributed by atoms with Crippen LogP contribution in [-0.4, -0.2) is 35.5 Å². The van der Waals surface area contributed by atoms with E-state index in [1.54, 1.807) is 24.3 Å². The molecule has 0 aromatic rings. The molecule has 0 N–H and O–H groups in total. The molecule has 0 aromatic heterocycles. The molecule has 0 aliphatic heterocycles. The van der Waals surface area contributed by atoms with Gasteiger partial charge in [-0.1, -0.05) is 31.7 Å². The smallest absolute Gasteiger partial charge is 0.347 e. The highest BCUT2D eigenvalue weighted by molar-refractivity contribution is 6.53. The van der Waals surface area contributed by atoms with Crippen LogP contribution in [0.2, 0.25) is 0 Å². The lowest BCUT2D eigenvalue weighted by atomic mass is 10.7. The van der Waals surface area contributed by atoms with Crippen LogP contribution < -0.4 is 0 Å². The van der Waals surface area contributed by atoms with Gasteiger partial charge in [0.05, 0.1) is 26.4 Å². The van der Waals surface area contributed by atoms with Crippen molar-refractivity contribution < 1.29 is 17.7 Å². The van der Waals surface area contributed by atoms with Crippen LogP contribution in [0.4, 0.5) is 0 Å². The van der Waals surface area contributed by atoms with E-state index in [1.807, 2.05) is 0 Å². The van der Waals surface area contributed by atoms with Crippen LogP contribution in [0.25, 0.3) is 0 Å². The highest BCUT2D eigenvalue weighted by Gasteiger charge is 2.45. The Morgan fingerprint density at radius 1 is 0.611 bits per heavy atom. The summed E-state index contributed by atoms with van der Waals surface area (Å²) in [7, 11) is -3.16. The largest absolute Gasteiger partial charge is 0.680 e. The molecule has 0 aliphatic carbocycles. The molecule has 0 aromatic carbocycles. The lowest BCUT2D eigenvalue weighted by Gasteiger charge is -2.26. The molecular weight excluding hydrogens is 248 g/mol. The molecule has 0 atom stereocenters. The summed E-state index contributed by atoms with van der Waals surface area (Å²) in [5.41, 5.74) is 0. The molecule has 0 heterocycles. The van der Waals surface area contributed by atoms with Gasteiger partial charge in [0.15, 0.2) is 0 Å². The van der Waals surface area contributed by atoms with Crippen molar-refractivity contribution in [2.24, 2.45) is 0 Å². The van der Waals surface area contributed by atoms with Gasteiger partial charge in [-0.15, -0.1) is 26.3 Å². The summed E-state index contributed by atoms with van der Waals surface area (Å²) in [5.74, 6) is 0. The fraction of sp³-hybridized carbons (Fsp3) is 0.385. The van der Waals surface area contributed by atoms with Gasteiger partial charge in [-0.25, -0.2) is 0 Å². The Balaban J connectivity index is 0. The van der Waals surface area contributed by atoms with Gasteiger partial charge in [-0.05, 0) is 0 Å². The molecule has 5 heteroatoms. The molecule has 0 spiro atoms. The monoisotopic (exact) mass is 272 g/mol. The van der Waals surface area contributed by atoms with Crippen molar-refractivity contribution >= 4 is 9.05 Å². The molecule has 0 fully saturated rings. The molecule has 0 amide bonds.